The Balaban J connectivity index is 1.92. The molecule has 2 unspecified atom stereocenters. The van der Waals surface area contributed by atoms with Gasteiger partial charge < -0.3 is 10.6 Å². The van der Waals surface area contributed by atoms with Gasteiger partial charge in [-0.15, -0.1) is 0 Å². The molecule has 1 saturated carbocycles. The molecule has 0 heterocycles. The molecule has 1 aromatic rings. The minimum absolute atomic E-state index is 0.264. The third-order valence-electron chi connectivity index (χ3n) is 3.37. The van der Waals surface area contributed by atoms with Gasteiger partial charge in [-0.25, -0.2) is 4.39 Å². The van der Waals surface area contributed by atoms with Crippen molar-refractivity contribution in [2.45, 2.75) is 19.9 Å². The molecule has 1 aliphatic rings. The maximum atomic E-state index is 12.9. The van der Waals surface area contributed by atoms with Gasteiger partial charge in [0.2, 0.25) is 0 Å². The first-order valence-corrected chi connectivity index (χ1v) is 5.78. The molecule has 0 bridgehead atoms. The zero-order valence-electron chi connectivity index (χ0n) is 9.91. The largest absolute Gasteiger partial charge is 0.398 e. The lowest BCUT2D eigenvalue weighted by atomic mass is 10.1. The molecule has 0 saturated heterocycles. The summed E-state index contributed by atoms with van der Waals surface area (Å²) in [5, 5.41) is 0. The number of halogens is 1. The minimum atomic E-state index is -0.264. The van der Waals surface area contributed by atoms with Crippen molar-refractivity contribution in [3.63, 3.8) is 0 Å². The fourth-order valence-corrected chi connectivity index (χ4v) is 2.12. The van der Waals surface area contributed by atoms with Gasteiger partial charge in [-0.3, -0.25) is 0 Å². The molecule has 1 aliphatic carbocycles. The third-order valence-corrected chi connectivity index (χ3v) is 3.37. The van der Waals surface area contributed by atoms with Gasteiger partial charge >= 0.3 is 0 Å². The number of hydrogen-bond donors (Lipinski definition) is 1. The smallest absolute Gasteiger partial charge is 0.125 e. The van der Waals surface area contributed by atoms with Crippen LogP contribution in [0, 0.1) is 17.7 Å². The van der Waals surface area contributed by atoms with Crippen molar-refractivity contribution in [3.05, 3.63) is 29.6 Å². The molecule has 0 spiro atoms. The van der Waals surface area contributed by atoms with Crippen LogP contribution < -0.4 is 5.73 Å². The molecule has 2 N–H and O–H groups in total. The standard InChI is InChI=1S/C13H19FN2/c1-9-5-11(9)8-16(2)7-10-3-4-12(14)6-13(10)15/h3-4,6,9,11H,5,7-8,15H2,1-2H3. The molecule has 0 aromatic heterocycles. The van der Waals surface area contributed by atoms with E-state index in [0.29, 0.717) is 5.69 Å². The first-order valence-electron chi connectivity index (χ1n) is 5.78. The Morgan fingerprint density at radius 1 is 1.50 bits per heavy atom. The van der Waals surface area contributed by atoms with E-state index in [1.807, 2.05) is 0 Å². The summed E-state index contributed by atoms with van der Waals surface area (Å²) in [5.41, 5.74) is 7.34. The zero-order chi connectivity index (χ0) is 11.7. The van der Waals surface area contributed by atoms with Crippen LogP contribution in [0.15, 0.2) is 18.2 Å². The van der Waals surface area contributed by atoms with E-state index >= 15 is 0 Å². The van der Waals surface area contributed by atoms with E-state index in [0.717, 1.165) is 30.5 Å². The third kappa shape index (κ3) is 2.73. The lowest BCUT2D eigenvalue weighted by Gasteiger charge is -2.17. The summed E-state index contributed by atoms with van der Waals surface area (Å²) < 4.78 is 12.9. The molecule has 3 heteroatoms. The summed E-state index contributed by atoms with van der Waals surface area (Å²) in [5.74, 6) is 1.44. The molecule has 2 rings (SSSR count). The Bertz CT molecular complexity index is 378. The van der Waals surface area contributed by atoms with Crippen LogP contribution in [0.5, 0.6) is 0 Å². The molecule has 16 heavy (non-hydrogen) atoms. The molecule has 2 atom stereocenters. The van der Waals surface area contributed by atoms with Gasteiger partial charge in [-0.1, -0.05) is 13.0 Å². The van der Waals surface area contributed by atoms with E-state index in [-0.39, 0.29) is 5.82 Å². The summed E-state index contributed by atoms with van der Waals surface area (Å²) >= 11 is 0. The number of nitrogens with zero attached hydrogens (tertiary/aromatic N) is 1. The molecule has 2 nitrogen and oxygen atoms in total. The van der Waals surface area contributed by atoms with E-state index in [1.165, 1.54) is 18.6 Å². The summed E-state index contributed by atoms with van der Waals surface area (Å²) in [4.78, 5) is 2.26. The van der Waals surface area contributed by atoms with Crippen LogP contribution in [0.25, 0.3) is 0 Å². The number of nitrogens with two attached hydrogens (primary N) is 1. The molecule has 0 aliphatic heterocycles. The Labute approximate surface area is 96.2 Å². The van der Waals surface area contributed by atoms with Crippen molar-refractivity contribution < 1.29 is 4.39 Å². The monoisotopic (exact) mass is 222 g/mol. The van der Waals surface area contributed by atoms with Crippen molar-refractivity contribution in [2.75, 3.05) is 19.3 Å². The molecular weight excluding hydrogens is 203 g/mol. The lowest BCUT2D eigenvalue weighted by molar-refractivity contribution is 0.308. The van der Waals surface area contributed by atoms with Crippen molar-refractivity contribution in [1.29, 1.82) is 0 Å². The number of rotatable bonds is 4. The van der Waals surface area contributed by atoms with Crippen LogP contribution in [0.2, 0.25) is 0 Å². The average molecular weight is 222 g/mol. The van der Waals surface area contributed by atoms with Gasteiger partial charge in [-0.2, -0.15) is 0 Å². The number of hydrogen-bond acceptors (Lipinski definition) is 2. The topological polar surface area (TPSA) is 29.3 Å². The van der Waals surface area contributed by atoms with Crippen molar-refractivity contribution in [1.82, 2.24) is 4.90 Å². The maximum Gasteiger partial charge on any atom is 0.125 e. The molecule has 1 fully saturated rings. The van der Waals surface area contributed by atoms with E-state index in [9.17, 15) is 4.39 Å². The first kappa shape index (κ1) is 11.4. The van der Waals surface area contributed by atoms with Crippen LogP contribution in [-0.4, -0.2) is 18.5 Å². The van der Waals surface area contributed by atoms with Gasteiger partial charge in [0.05, 0.1) is 0 Å². The van der Waals surface area contributed by atoms with Crippen LogP contribution in [0.4, 0.5) is 10.1 Å². The summed E-state index contributed by atoms with van der Waals surface area (Å²) in [6.07, 6.45) is 1.34. The van der Waals surface area contributed by atoms with Crippen LogP contribution in [-0.2, 0) is 6.54 Å². The molecule has 88 valence electrons. The van der Waals surface area contributed by atoms with Gasteiger partial charge in [0.15, 0.2) is 0 Å². The predicted octanol–water partition coefficient (Wildman–Crippen LogP) is 2.50. The fraction of sp³-hybridized carbons (Fsp3) is 0.538. The maximum absolute atomic E-state index is 12.9. The van der Waals surface area contributed by atoms with Gasteiger partial charge in [0.1, 0.15) is 5.82 Å². The number of benzene rings is 1. The van der Waals surface area contributed by atoms with Gasteiger partial charge in [-0.05, 0) is 43.0 Å². The average Bonchev–Trinajstić information content (AvgIpc) is 2.86. The Morgan fingerprint density at radius 3 is 2.75 bits per heavy atom. The van der Waals surface area contributed by atoms with E-state index in [1.54, 1.807) is 6.07 Å². The molecular formula is C13H19FN2. The van der Waals surface area contributed by atoms with E-state index < -0.39 is 0 Å². The highest BCUT2D eigenvalue weighted by Crippen LogP contribution is 2.38. The molecule has 0 radical (unpaired) electrons. The van der Waals surface area contributed by atoms with E-state index in [2.05, 4.69) is 18.9 Å². The quantitative estimate of drug-likeness (QED) is 0.793. The zero-order valence-corrected chi connectivity index (χ0v) is 9.91. The number of anilines is 1. The van der Waals surface area contributed by atoms with Crippen LogP contribution in [0.1, 0.15) is 18.9 Å². The highest BCUT2D eigenvalue weighted by atomic mass is 19.1. The van der Waals surface area contributed by atoms with E-state index in [4.69, 9.17) is 5.73 Å². The Hall–Kier alpha value is -1.09. The normalized spacial score (nSPS) is 23.8. The highest BCUT2D eigenvalue weighted by molar-refractivity contribution is 5.46. The summed E-state index contributed by atoms with van der Waals surface area (Å²) in [6.45, 7) is 4.19. The predicted molar refractivity (Wildman–Crippen MR) is 64.4 cm³/mol. The second-order valence-corrected chi connectivity index (χ2v) is 5.01. The summed E-state index contributed by atoms with van der Waals surface area (Å²) in [6, 6.07) is 4.64. The van der Waals surface area contributed by atoms with Crippen molar-refractivity contribution in [2.24, 2.45) is 11.8 Å². The number of nitrogen functional groups attached to an aromatic ring is 1. The Morgan fingerprint density at radius 2 is 2.19 bits per heavy atom. The second-order valence-electron chi connectivity index (χ2n) is 5.01. The second kappa shape index (κ2) is 4.42. The first-order chi connectivity index (χ1) is 7.56. The van der Waals surface area contributed by atoms with Crippen molar-refractivity contribution >= 4 is 5.69 Å². The SMILES string of the molecule is CC1CC1CN(C)Cc1ccc(F)cc1N. The van der Waals surface area contributed by atoms with Crippen LogP contribution in [0.3, 0.4) is 0 Å². The van der Waals surface area contributed by atoms with Gasteiger partial charge in [0.25, 0.3) is 0 Å². The Kier molecular flexibility index (Phi) is 3.15. The highest BCUT2D eigenvalue weighted by Gasteiger charge is 2.33. The fourth-order valence-electron chi connectivity index (χ4n) is 2.12. The summed E-state index contributed by atoms with van der Waals surface area (Å²) in [7, 11) is 2.09. The minimum Gasteiger partial charge on any atom is -0.398 e. The lowest BCUT2D eigenvalue weighted by Crippen LogP contribution is -2.21. The van der Waals surface area contributed by atoms with Gasteiger partial charge in [0, 0.05) is 18.8 Å². The van der Waals surface area contributed by atoms with Crippen LogP contribution >= 0.6 is 0 Å². The van der Waals surface area contributed by atoms with Crippen molar-refractivity contribution in [3.8, 4) is 0 Å². The molecule has 1 aromatic carbocycles. The molecule has 0 amide bonds.